The van der Waals surface area contributed by atoms with Gasteiger partial charge in [0.1, 0.15) is 28.7 Å². The summed E-state index contributed by atoms with van der Waals surface area (Å²) in [5, 5.41) is 0. The van der Waals surface area contributed by atoms with Crippen molar-refractivity contribution in [1.29, 1.82) is 0 Å². The monoisotopic (exact) mass is 479 g/mol. The molecular weight excluding hydrogens is 446 g/mol. The van der Waals surface area contributed by atoms with Gasteiger partial charge < -0.3 is 14.4 Å². The van der Waals surface area contributed by atoms with Crippen LogP contribution in [0.15, 0.2) is 54.6 Å². The summed E-state index contributed by atoms with van der Waals surface area (Å²) in [6.45, 7) is 7.59. The van der Waals surface area contributed by atoms with Gasteiger partial charge in [-0.3, -0.25) is 14.4 Å². The van der Waals surface area contributed by atoms with E-state index in [9.17, 15) is 19.2 Å². The molecular formula is C28H33NO6. The Labute approximate surface area is 206 Å². The molecule has 0 N–H and O–H groups in total. The van der Waals surface area contributed by atoms with Crippen LogP contribution in [0.1, 0.15) is 57.3 Å². The highest BCUT2D eigenvalue weighted by atomic mass is 16.6. The molecule has 1 amide bonds. The first kappa shape index (κ1) is 26.1. The van der Waals surface area contributed by atoms with Crippen LogP contribution in [0, 0.1) is 11.8 Å². The van der Waals surface area contributed by atoms with E-state index in [2.05, 4.69) is 0 Å². The third-order valence-corrected chi connectivity index (χ3v) is 5.93. The third kappa shape index (κ3) is 7.50. The summed E-state index contributed by atoms with van der Waals surface area (Å²) in [5.41, 5.74) is -0.219. The van der Waals surface area contributed by atoms with E-state index in [1.807, 2.05) is 51.1 Å². The first-order valence-corrected chi connectivity index (χ1v) is 11.9. The van der Waals surface area contributed by atoms with Crippen molar-refractivity contribution in [3.63, 3.8) is 0 Å². The lowest BCUT2D eigenvalue weighted by Gasteiger charge is -2.33. The zero-order valence-electron chi connectivity index (χ0n) is 20.8. The number of rotatable bonds is 8. The van der Waals surface area contributed by atoms with E-state index >= 15 is 0 Å². The molecule has 7 nitrogen and oxygen atoms in total. The normalized spacial score (nSPS) is 15.3. The number of piperidine rings is 1. The lowest BCUT2D eigenvalue weighted by atomic mass is 9.83. The van der Waals surface area contributed by atoms with Crippen molar-refractivity contribution < 1.29 is 28.7 Å². The minimum Gasteiger partial charge on any atom is -0.457 e. The number of carbonyl (C=O) groups is 4. The average molecular weight is 480 g/mol. The molecule has 1 aliphatic rings. The van der Waals surface area contributed by atoms with Gasteiger partial charge in [0, 0.05) is 31.0 Å². The van der Waals surface area contributed by atoms with Gasteiger partial charge in [-0.2, -0.15) is 0 Å². The molecule has 0 radical (unpaired) electrons. The summed E-state index contributed by atoms with van der Waals surface area (Å²) >= 11 is 0. The molecule has 1 heterocycles. The summed E-state index contributed by atoms with van der Waals surface area (Å²) < 4.78 is 11.1. The van der Waals surface area contributed by atoms with Gasteiger partial charge in [-0.25, -0.2) is 4.79 Å². The molecule has 0 aliphatic carbocycles. The fourth-order valence-electron chi connectivity index (χ4n) is 4.01. The zero-order chi connectivity index (χ0) is 25.6. The average Bonchev–Trinajstić information content (AvgIpc) is 2.82. The highest BCUT2D eigenvalue weighted by Crippen LogP contribution is 2.26. The summed E-state index contributed by atoms with van der Waals surface area (Å²) in [6, 6.07) is 15.8. The fourth-order valence-corrected chi connectivity index (χ4v) is 4.01. The zero-order valence-corrected chi connectivity index (χ0v) is 20.8. The Morgan fingerprint density at radius 3 is 2.03 bits per heavy atom. The Kier molecular flexibility index (Phi) is 8.43. The van der Waals surface area contributed by atoms with Crippen molar-refractivity contribution in [3.8, 4) is 11.5 Å². The van der Waals surface area contributed by atoms with Crippen molar-refractivity contribution in [2.24, 2.45) is 11.8 Å². The number of ketones is 3. The van der Waals surface area contributed by atoms with E-state index in [4.69, 9.17) is 9.47 Å². The number of nitrogens with zero attached hydrogens (tertiary/aromatic N) is 1. The molecule has 2 aromatic carbocycles. The largest absolute Gasteiger partial charge is 0.457 e. The Morgan fingerprint density at radius 2 is 1.49 bits per heavy atom. The Balaban J connectivity index is 1.58. The smallest absolute Gasteiger partial charge is 0.410 e. The first-order valence-electron chi connectivity index (χ1n) is 11.9. The number of Topliss-reactive ketones (excluding diaryl/α,β-unsaturated/α-hetero) is 3. The van der Waals surface area contributed by atoms with E-state index in [-0.39, 0.29) is 35.8 Å². The van der Waals surface area contributed by atoms with Gasteiger partial charge in [-0.15, -0.1) is 0 Å². The van der Waals surface area contributed by atoms with Crippen molar-refractivity contribution >= 4 is 23.4 Å². The molecule has 1 saturated heterocycles. The maximum absolute atomic E-state index is 13.1. The standard InChI is InChI=1S/C28H33NO6/c1-19(30)24(18-25(31)20-14-16-29(17-15-20)27(33)35-28(2,3)4)26(32)21-10-12-23(13-11-21)34-22-8-6-5-7-9-22/h5-13,20,24H,14-18H2,1-4H3. The van der Waals surface area contributed by atoms with Crippen molar-refractivity contribution in [1.82, 2.24) is 4.90 Å². The van der Waals surface area contributed by atoms with Crippen LogP contribution in [0.2, 0.25) is 0 Å². The molecule has 186 valence electrons. The fraction of sp³-hybridized carbons (Fsp3) is 0.429. The highest BCUT2D eigenvalue weighted by molar-refractivity contribution is 6.12. The van der Waals surface area contributed by atoms with Crippen LogP contribution in [0.5, 0.6) is 11.5 Å². The van der Waals surface area contributed by atoms with Crippen LogP contribution in [0.25, 0.3) is 0 Å². The number of hydrogen-bond donors (Lipinski definition) is 0. The molecule has 1 unspecified atom stereocenters. The van der Waals surface area contributed by atoms with Crippen LogP contribution in [0.4, 0.5) is 4.79 Å². The van der Waals surface area contributed by atoms with Crippen molar-refractivity contribution in [2.75, 3.05) is 13.1 Å². The number of ether oxygens (including phenoxy) is 2. The van der Waals surface area contributed by atoms with Crippen LogP contribution >= 0.6 is 0 Å². The number of benzene rings is 2. The van der Waals surface area contributed by atoms with E-state index in [1.54, 1.807) is 29.2 Å². The maximum Gasteiger partial charge on any atom is 0.410 e. The maximum atomic E-state index is 13.1. The third-order valence-electron chi connectivity index (χ3n) is 5.93. The van der Waals surface area contributed by atoms with E-state index in [0.717, 1.165) is 0 Å². The SMILES string of the molecule is CC(=O)C(CC(=O)C1CCN(C(=O)OC(C)(C)C)CC1)C(=O)c1ccc(Oc2ccccc2)cc1. The van der Waals surface area contributed by atoms with Gasteiger partial charge in [-0.1, -0.05) is 18.2 Å². The summed E-state index contributed by atoms with van der Waals surface area (Å²) in [6.07, 6.45) is 0.457. The first-order chi connectivity index (χ1) is 16.5. The molecule has 0 bridgehead atoms. The molecule has 3 rings (SSSR count). The van der Waals surface area contributed by atoms with Gasteiger partial charge in [0.05, 0.1) is 5.92 Å². The predicted octanol–water partition coefficient (Wildman–Crippen LogP) is 5.47. The van der Waals surface area contributed by atoms with E-state index in [1.165, 1.54) is 6.92 Å². The van der Waals surface area contributed by atoms with Gasteiger partial charge in [0.15, 0.2) is 5.78 Å². The van der Waals surface area contributed by atoms with E-state index in [0.29, 0.717) is 43.0 Å². The number of hydrogen-bond acceptors (Lipinski definition) is 6. The summed E-state index contributed by atoms with van der Waals surface area (Å²) in [5.74, 6) is -0.886. The molecule has 1 aliphatic heterocycles. The number of likely N-dealkylation sites (tertiary alicyclic amines) is 1. The topological polar surface area (TPSA) is 90.0 Å². The van der Waals surface area contributed by atoms with Crippen LogP contribution in [0.3, 0.4) is 0 Å². The van der Waals surface area contributed by atoms with Crippen LogP contribution in [-0.2, 0) is 14.3 Å². The second kappa shape index (κ2) is 11.3. The van der Waals surface area contributed by atoms with E-state index < -0.39 is 11.5 Å². The molecule has 7 heteroatoms. The van der Waals surface area contributed by atoms with Gasteiger partial charge in [-0.05, 0) is 76.9 Å². The Bertz CT molecular complexity index is 1050. The molecule has 0 aromatic heterocycles. The molecule has 1 atom stereocenters. The van der Waals surface area contributed by atoms with Crippen molar-refractivity contribution in [2.45, 2.75) is 52.6 Å². The lowest BCUT2D eigenvalue weighted by molar-refractivity contribution is -0.128. The Hall–Kier alpha value is -3.48. The van der Waals surface area contributed by atoms with Crippen molar-refractivity contribution in [3.05, 3.63) is 60.2 Å². The van der Waals surface area contributed by atoms with Gasteiger partial charge in [0.25, 0.3) is 0 Å². The molecule has 0 saturated carbocycles. The molecule has 35 heavy (non-hydrogen) atoms. The number of amides is 1. The number of carbonyl (C=O) groups excluding carboxylic acids is 4. The second-order valence-electron chi connectivity index (χ2n) is 9.88. The predicted molar refractivity (Wildman–Crippen MR) is 132 cm³/mol. The second-order valence-corrected chi connectivity index (χ2v) is 9.88. The minimum absolute atomic E-state index is 0.119. The lowest BCUT2D eigenvalue weighted by Crippen LogP contribution is -2.43. The quantitative estimate of drug-likeness (QED) is 0.368. The number of para-hydroxylation sites is 1. The highest BCUT2D eigenvalue weighted by Gasteiger charge is 2.33. The van der Waals surface area contributed by atoms with Crippen LogP contribution in [-0.4, -0.2) is 47.0 Å². The molecule has 0 spiro atoms. The molecule has 1 fully saturated rings. The molecule has 2 aromatic rings. The Morgan fingerprint density at radius 1 is 0.914 bits per heavy atom. The summed E-state index contributed by atoms with van der Waals surface area (Å²) in [4.78, 5) is 52.2. The van der Waals surface area contributed by atoms with Crippen LogP contribution < -0.4 is 4.74 Å². The van der Waals surface area contributed by atoms with Gasteiger partial charge in [0.2, 0.25) is 0 Å². The summed E-state index contributed by atoms with van der Waals surface area (Å²) in [7, 11) is 0. The minimum atomic E-state index is -1.02. The van der Waals surface area contributed by atoms with Gasteiger partial charge >= 0.3 is 6.09 Å².